The van der Waals surface area contributed by atoms with Crippen LogP contribution in [0.2, 0.25) is 5.02 Å². The third-order valence-corrected chi connectivity index (χ3v) is 3.60. The molecule has 0 amide bonds. The number of hydrogen-bond acceptors (Lipinski definition) is 3. The summed E-state index contributed by atoms with van der Waals surface area (Å²) in [7, 11) is 0. The van der Waals surface area contributed by atoms with Gasteiger partial charge in [0.05, 0.1) is 4.90 Å². The van der Waals surface area contributed by atoms with Crippen LogP contribution in [0.4, 0.5) is 5.69 Å². The molecule has 16 heavy (non-hydrogen) atoms. The van der Waals surface area contributed by atoms with Gasteiger partial charge in [-0.15, -0.1) is 0 Å². The van der Waals surface area contributed by atoms with Gasteiger partial charge in [-0.1, -0.05) is 23.4 Å². The summed E-state index contributed by atoms with van der Waals surface area (Å²) in [6, 6.07) is 5.18. The zero-order valence-corrected chi connectivity index (χ0v) is 10.1. The maximum atomic E-state index is 11.5. The Morgan fingerprint density at radius 2 is 2.12 bits per heavy atom. The lowest BCUT2D eigenvalue weighted by atomic mass is 10.3. The fourth-order valence-corrected chi connectivity index (χ4v) is 2.44. The van der Waals surface area contributed by atoms with Gasteiger partial charge in [0.25, 0.3) is 5.56 Å². The van der Waals surface area contributed by atoms with Crippen LogP contribution in [0, 0.1) is 6.92 Å². The molecule has 84 valence electrons. The van der Waals surface area contributed by atoms with E-state index >= 15 is 0 Å². The van der Waals surface area contributed by atoms with E-state index in [4.69, 9.17) is 17.3 Å². The Balaban J connectivity index is 2.41. The van der Waals surface area contributed by atoms with Crippen molar-refractivity contribution in [2.45, 2.75) is 16.7 Å². The average molecular weight is 256 g/mol. The van der Waals surface area contributed by atoms with Crippen LogP contribution in [0.25, 0.3) is 0 Å². The normalized spacial score (nSPS) is 10.6. The molecule has 0 unspecified atom stereocenters. The number of rotatable bonds is 2. The summed E-state index contributed by atoms with van der Waals surface area (Å²) in [5.41, 5.74) is 7.05. The lowest BCUT2D eigenvalue weighted by Gasteiger charge is -2.04. The summed E-state index contributed by atoms with van der Waals surface area (Å²) < 4.78 is 0. The number of nitrogen functional groups attached to an aromatic ring is 1. The summed E-state index contributed by atoms with van der Waals surface area (Å²) in [6.07, 6.45) is 0. The first-order valence-electron chi connectivity index (χ1n) is 4.58. The van der Waals surface area contributed by atoms with Crippen LogP contribution in [0.15, 0.2) is 32.8 Å². The molecule has 2 aromatic rings. The van der Waals surface area contributed by atoms with Gasteiger partial charge in [-0.3, -0.25) is 9.89 Å². The van der Waals surface area contributed by atoms with Gasteiger partial charge in [-0.2, -0.15) is 0 Å². The van der Waals surface area contributed by atoms with Gasteiger partial charge in [-0.25, -0.2) is 0 Å². The van der Waals surface area contributed by atoms with Crippen molar-refractivity contribution in [1.29, 1.82) is 0 Å². The summed E-state index contributed by atoms with van der Waals surface area (Å²) in [5, 5.41) is 5.87. The molecule has 1 aromatic carbocycles. The van der Waals surface area contributed by atoms with Crippen molar-refractivity contribution in [3.05, 3.63) is 39.3 Å². The Hall–Kier alpha value is -1.33. The fourth-order valence-electron chi connectivity index (χ4n) is 1.26. The first-order chi connectivity index (χ1) is 7.58. The van der Waals surface area contributed by atoms with Gasteiger partial charge in [0, 0.05) is 21.3 Å². The second kappa shape index (κ2) is 4.27. The predicted molar refractivity (Wildman–Crippen MR) is 66.1 cm³/mol. The number of hydrogen-bond donors (Lipinski definition) is 3. The quantitative estimate of drug-likeness (QED) is 0.722. The van der Waals surface area contributed by atoms with Crippen LogP contribution in [-0.2, 0) is 0 Å². The second-order valence-electron chi connectivity index (χ2n) is 3.32. The van der Waals surface area contributed by atoms with Crippen LogP contribution in [0.5, 0.6) is 0 Å². The zero-order chi connectivity index (χ0) is 11.7. The monoisotopic (exact) mass is 255 g/mol. The molecule has 1 heterocycles. The van der Waals surface area contributed by atoms with Crippen LogP contribution in [0.1, 0.15) is 5.69 Å². The Bertz CT molecular complexity index is 576. The molecule has 1 aromatic heterocycles. The number of H-pyrrole nitrogens is 2. The molecule has 0 aliphatic carbocycles. The number of aryl methyl sites for hydroxylation is 1. The Labute approximate surface area is 101 Å². The second-order valence-corrected chi connectivity index (χ2v) is 4.81. The maximum absolute atomic E-state index is 11.5. The fraction of sp³-hybridized carbons (Fsp3) is 0.100. The smallest absolute Gasteiger partial charge is 0.278 e. The topological polar surface area (TPSA) is 74.7 Å². The van der Waals surface area contributed by atoms with Crippen molar-refractivity contribution in [2.24, 2.45) is 0 Å². The highest BCUT2D eigenvalue weighted by atomic mass is 35.5. The van der Waals surface area contributed by atoms with Crippen molar-refractivity contribution in [2.75, 3.05) is 5.73 Å². The van der Waals surface area contributed by atoms with Crippen molar-refractivity contribution in [3.63, 3.8) is 0 Å². The summed E-state index contributed by atoms with van der Waals surface area (Å²) in [4.78, 5) is 12.8. The third kappa shape index (κ3) is 2.10. The molecular formula is C10H10ClN3OS. The van der Waals surface area contributed by atoms with Crippen LogP contribution >= 0.6 is 23.4 Å². The van der Waals surface area contributed by atoms with E-state index < -0.39 is 0 Å². The van der Waals surface area contributed by atoms with Crippen molar-refractivity contribution >= 4 is 29.1 Å². The SMILES string of the molecule is Cc1[nH][nH]c(=O)c1Sc1cc(Cl)ccc1N. The lowest BCUT2D eigenvalue weighted by Crippen LogP contribution is -2.01. The third-order valence-electron chi connectivity index (χ3n) is 2.10. The summed E-state index contributed by atoms with van der Waals surface area (Å²) >= 11 is 7.18. The number of anilines is 1. The van der Waals surface area contributed by atoms with Crippen LogP contribution in [-0.4, -0.2) is 10.2 Å². The molecule has 0 saturated carbocycles. The molecule has 0 aliphatic heterocycles. The minimum atomic E-state index is -0.151. The molecule has 4 N–H and O–H groups in total. The van der Waals surface area contributed by atoms with E-state index in [1.165, 1.54) is 11.8 Å². The molecule has 0 spiro atoms. The first-order valence-corrected chi connectivity index (χ1v) is 5.77. The van der Waals surface area contributed by atoms with Gasteiger partial charge in [-0.05, 0) is 25.1 Å². The van der Waals surface area contributed by atoms with Gasteiger partial charge >= 0.3 is 0 Å². The number of benzene rings is 1. The Morgan fingerprint density at radius 1 is 1.38 bits per heavy atom. The molecule has 0 atom stereocenters. The van der Waals surface area contributed by atoms with Crippen molar-refractivity contribution in [1.82, 2.24) is 10.2 Å². The van der Waals surface area contributed by atoms with Gasteiger partial charge < -0.3 is 10.8 Å². The summed E-state index contributed by atoms with van der Waals surface area (Å²) in [5.74, 6) is 0. The highest BCUT2D eigenvalue weighted by Gasteiger charge is 2.10. The van der Waals surface area contributed by atoms with Crippen molar-refractivity contribution < 1.29 is 0 Å². The minimum absolute atomic E-state index is 0.151. The number of aromatic amines is 2. The lowest BCUT2D eigenvalue weighted by molar-refractivity contribution is 1.02. The molecule has 0 saturated heterocycles. The Kier molecular flexibility index (Phi) is 2.98. The van der Waals surface area contributed by atoms with E-state index in [1.807, 2.05) is 6.92 Å². The van der Waals surface area contributed by atoms with Crippen molar-refractivity contribution in [3.8, 4) is 0 Å². The Morgan fingerprint density at radius 3 is 2.75 bits per heavy atom. The standard InChI is InChI=1S/C10H10ClN3OS/c1-5-9(10(15)14-13-5)16-8-4-6(11)2-3-7(8)12/h2-4H,12H2,1H3,(H2,13,14,15). The highest BCUT2D eigenvalue weighted by molar-refractivity contribution is 7.99. The largest absolute Gasteiger partial charge is 0.398 e. The summed E-state index contributed by atoms with van der Waals surface area (Å²) in [6.45, 7) is 1.82. The zero-order valence-electron chi connectivity index (χ0n) is 8.50. The van der Waals surface area contributed by atoms with E-state index in [0.29, 0.717) is 15.6 Å². The molecule has 4 nitrogen and oxygen atoms in total. The average Bonchev–Trinajstić information content (AvgIpc) is 2.55. The number of aromatic nitrogens is 2. The minimum Gasteiger partial charge on any atom is -0.398 e. The number of halogens is 1. The predicted octanol–water partition coefficient (Wildman–Crippen LogP) is 2.40. The molecule has 6 heteroatoms. The van der Waals surface area contributed by atoms with Gasteiger partial charge in [0.1, 0.15) is 0 Å². The molecular weight excluding hydrogens is 246 g/mol. The van der Waals surface area contributed by atoms with Gasteiger partial charge in [0.15, 0.2) is 0 Å². The molecule has 0 aliphatic rings. The van der Waals surface area contributed by atoms with E-state index in [0.717, 1.165) is 10.6 Å². The number of nitrogens with one attached hydrogen (secondary N) is 2. The van der Waals surface area contributed by atoms with E-state index in [2.05, 4.69) is 10.2 Å². The first kappa shape index (κ1) is 11.2. The molecule has 0 fully saturated rings. The molecule has 2 rings (SSSR count). The molecule has 0 bridgehead atoms. The van der Waals surface area contributed by atoms with Crippen LogP contribution in [0.3, 0.4) is 0 Å². The number of nitrogens with two attached hydrogens (primary N) is 1. The van der Waals surface area contributed by atoms with E-state index in [-0.39, 0.29) is 5.56 Å². The van der Waals surface area contributed by atoms with E-state index in [9.17, 15) is 4.79 Å². The van der Waals surface area contributed by atoms with Gasteiger partial charge in [0.2, 0.25) is 0 Å². The maximum Gasteiger partial charge on any atom is 0.278 e. The highest BCUT2D eigenvalue weighted by Crippen LogP contribution is 2.33. The van der Waals surface area contributed by atoms with E-state index in [1.54, 1.807) is 18.2 Å². The van der Waals surface area contributed by atoms with Crippen LogP contribution < -0.4 is 11.3 Å². The molecule has 0 radical (unpaired) electrons.